The first-order chi connectivity index (χ1) is 10.5. The molecule has 2 N–H and O–H groups in total. The fourth-order valence-electron chi connectivity index (χ4n) is 2.71. The summed E-state index contributed by atoms with van der Waals surface area (Å²) in [6.07, 6.45) is 4.37. The Bertz CT molecular complexity index is 895. The summed E-state index contributed by atoms with van der Waals surface area (Å²) in [5, 5.41) is 0. The molecule has 2 heterocycles. The van der Waals surface area contributed by atoms with Gasteiger partial charge in [-0.15, -0.1) is 0 Å². The van der Waals surface area contributed by atoms with E-state index in [1.54, 1.807) is 16.5 Å². The van der Waals surface area contributed by atoms with Gasteiger partial charge in [-0.05, 0) is 43.2 Å². The molecule has 0 saturated heterocycles. The summed E-state index contributed by atoms with van der Waals surface area (Å²) in [6.45, 7) is 3.84. The number of benzene rings is 1. The molecular weight excluding hydrogens is 281 g/mol. The van der Waals surface area contributed by atoms with E-state index in [9.17, 15) is 9.18 Å². The minimum absolute atomic E-state index is 0.186. The summed E-state index contributed by atoms with van der Waals surface area (Å²) in [5.41, 5.74) is 8.61. The van der Waals surface area contributed by atoms with Gasteiger partial charge in [0.05, 0.1) is 11.4 Å². The molecule has 0 saturated carbocycles. The monoisotopic (exact) mass is 299 g/mol. The van der Waals surface area contributed by atoms with E-state index in [2.05, 4.69) is 0 Å². The van der Waals surface area contributed by atoms with Crippen molar-refractivity contribution in [2.24, 2.45) is 5.73 Å². The normalized spacial score (nSPS) is 12.7. The molecule has 2 aromatic heterocycles. The van der Waals surface area contributed by atoms with Crippen molar-refractivity contribution in [2.45, 2.75) is 26.3 Å². The Morgan fingerprint density at radius 1 is 1.32 bits per heavy atom. The van der Waals surface area contributed by atoms with Crippen LogP contribution >= 0.6 is 0 Å². The Kier molecular flexibility index (Phi) is 3.58. The zero-order chi connectivity index (χ0) is 15.9. The van der Waals surface area contributed by atoms with Gasteiger partial charge >= 0.3 is 0 Å². The molecule has 4 nitrogen and oxygen atoms in total. The molecule has 1 atom stereocenters. The number of nitrogens with zero attached hydrogens (tertiary/aromatic N) is 2. The molecule has 0 amide bonds. The quantitative estimate of drug-likeness (QED) is 0.808. The van der Waals surface area contributed by atoms with E-state index in [-0.39, 0.29) is 17.4 Å². The third-order valence-electron chi connectivity index (χ3n) is 3.94. The van der Waals surface area contributed by atoms with Gasteiger partial charge in [0.15, 0.2) is 0 Å². The van der Waals surface area contributed by atoms with Crippen LogP contribution in [0.1, 0.15) is 30.6 Å². The predicted molar refractivity (Wildman–Crippen MR) is 84.9 cm³/mol. The van der Waals surface area contributed by atoms with Crippen LogP contribution in [0.5, 0.6) is 0 Å². The average molecular weight is 299 g/mol. The van der Waals surface area contributed by atoms with Crippen LogP contribution in [0, 0.1) is 12.7 Å². The number of aryl methyl sites for hydroxylation is 1. The van der Waals surface area contributed by atoms with Gasteiger partial charge in [-0.3, -0.25) is 9.36 Å². The van der Waals surface area contributed by atoms with Crippen LogP contribution in [0.3, 0.4) is 0 Å². The number of aromatic nitrogens is 2. The highest BCUT2D eigenvalue weighted by atomic mass is 19.1. The Morgan fingerprint density at radius 2 is 2.09 bits per heavy atom. The lowest BCUT2D eigenvalue weighted by Crippen LogP contribution is -2.28. The van der Waals surface area contributed by atoms with Gasteiger partial charge < -0.3 is 10.1 Å². The Balaban J connectivity index is 2.41. The number of hydrogen-bond acceptors (Lipinski definition) is 2. The number of rotatable bonds is 3. The smallest absolute Gasteiger partial charge is 0.279 e. The molecule has 0 spiro atoms. The number of nitrogens with two attached hydrogens (primary N) is 1. The van der Waals surface area contributed by atoms with E-state index < -0.39 is 0 Å². The van der Waals surface area contributed by atoms with Crippen molar-refractivity contribution in [2.75, 3.05) is 0 Å². The summed E-state index contributed by atoms with van der Waals surface area (Å²) < 4.78 is 16.9. The molecule has 0 bridgehead atoms. The largest absolute Gasteiger partial charge is 0.323 e. The van der Waals surface area contributed by atoms with Crippen molar-refractivity contribution in [1.82, 2.24) is 8.97 Å². The Labute approximate surface area is 127 Å². The van der Waals surface area contributed by atoms with E-state index in [1.165, 1.54) is 16.7 Å². The van der Waals surface area contributed by atoms with E-state index in [1.807, 2.05) is 32.3 Å². The highest BCUT2D eigenvalue weighted by Crippen LogP contribution is 2.19. The fraction of sp³-hybridized carbons (Fsp3) is 0.235. The third-order valence-corrected chi connectivity index (χ3v) is 3.94. The van der Waals surface area contributed by atoms with Crippen LogP contribution in [0.2, 0.25) is 0 Å². The molecule has 1 aromatic carbocycles. The van der Waals surface area contributed by atoms with Crippen LogP contribution in [0.15, 0.2) is 47.5 Å². The minimum atomic E-state index is -0.382. The molecule has 0 radical (unpaired) electrons. The first kappa shape index (κ1) is 14.5. The lowest BCUT2D eigenvalue weighted by atomic mass is 10.1. The van der Waals surface area contributed by atoms with E-state index >= 15 is 0 Å². The highest BCUT2D eigenvalue weighted by Gasteiger charge is 2.17. The highest BCUT2D eigenvalue weighted by molar-refractivity contribution is 5.55. The van der Waals surface area contributed by atoms with Crippen LogP contribution in [0.25, 0.3) is 11.2 Å². The van der Waals surface area contributed by atoms with E-state index in [0.29, 0.717) is 23.3 Å². The van der Waals surface area contributed by atoms with Crippen molar-refractivity contribution in [3.05, 3.63) is 70.2 Å². The van der Waals surface area contributed by atoms with Gasteiger partial charge in [-0.2, -0.15) is 0 Å². The second-order valence-electron chi connectivity index (χ2n) is 5.44. The van der Waals surface area contributed by atoms with Gasteiger partial charge in [0.1, 0.15) is 11.3 Å². The van der Waals surface area contributed by atoms with Crippen LogP contribution in [-0.2, 0) is 0 Å². The maximum absolute atomic E-state index is 13.6. The van der Waals surface area contributed by atoms with Crippen molar-refractivity contribution in [3.63, 3.8) is 0 Å². The number of hydrogen-bond donors (Lipinski definition) is 1. The molecule has 1 unspecified atom stereocenters. The van der Waals surface area contributed by atoms with Crippen molar-refractivity contribution in [3.8, 4) is 5.69 Å². The SMILES string of the molecule is CCC(N)c1cn2ccc(C)c2c(=O)n1-c1cccc(F)c1. The molecule has 0 aliphatic heterocycles. The van der Waals surface area contributed by atoms with Gasteiger partial charge in [0.2, 0.25) is 0 Å². The molecule has 0 aliphatic carbocycles. The average Bonchev–Trinajstić information content (AvgIpc) is 2.87. The van der Waals surface area contributed by atoms with Crippen molar-refractivity contribution >= 4 is 5.52 Å². The standard InChI is InChI=1S/C17H18FN3O/c1-3-14(19)15-10-20-8-7-11(2)16(20)17(22)21(15)13-6-4-5-12(18)9-13/h4-10,14H,3,19H2,1-2H3. The molecule has 5 heteroatoms. The molecule has 22 heavy (non-hydrogen) atoms. The molecule has 0 fully saturated rings. The number of fused-ring (bicyclic) bond motifs is 1. The first-order valence-corrected chi connectivity index (χ1v) is 7.27. The lowest BCUT2D eigenvalue weighted by Gasteiger charge is -2.18. The van der Waals surface area contributed by atoms with Gasteiger partial charge in [0, 0.05) is 18.4 Å². The molecule has 0 aliphatic rings. The van der Waals surface area contributed by atoms with Crippen LogP contribution in [0.4, 0.5) is 4.39 Å². The molecular formula is C17H18FN3O. The second-order valence-corrected chi connectivity index (χ2v) is 5.44. The summed E-state index contributed by atoms with van der Waals surface area (Å²) >= 11 is 0. The summed E-state index contributed by atoms with van der Waals surface area (Å²) in [4.78, 5) is 12.9. The minimum Gasteiger partial charge on any atom is -0.323 e. The third kappa shape index (κ3) is 2.23. The summed E-state index contributed by atoms with van der Waals surface area (Å²) in [7, 11) is 0. The Morgan fingerprint density at radius 3 is 2.77 bits per heavy atom. The number of halogens is 1. The topological polar surface area (TPSA) is 52.4 Å². The summed E-state index contributed by atoms with van der Waals surface area (Å²) in [6, 6.07) is 7.59. The van der Waals surface area contributed by atoms with Crippen LogP contribution in [-0.4, -0.2) is 8.97 Å². The zero-order valence-electron chi connectivity index (χ0n) is 12.6. The predicted octanol–water partition coefficient (Wildman–Crippen LogP) is 2.95. The van der Waals surface area contributed by atoms with Crippen LogP contribution < -0.4 is 11.3 Å². The first-order valence-electron chi connectivity index (χ1n) is 7.27. The molecule has 3 rings (SSSR count). The fourth-order valence-corrected chi connectivity index (χ4v) is 2.71. The molecule has 114 valence electrons. The van der Waals surface area contributed by atoms with Gasteiger partial charge in [-0.1, -0.05) is 13.0 Å². The van der Waals surface area contributed by atoms with Crippen molar-refractivity contribution < 1.29 is 4.39 Å². The van der Waals surface area contributed by atoms with E-state index in [0.717, 1.165) is 5.56 Å². The van der Waals surface area contributed by atoms with Gasteiger partial charge in [-0.25, -0.2) is 4.39 Å². The van der Waals surface area contributed by atoms with E-state index in [4.69, 9.17) is 5.73 Å². The van der Waals surface area contributed by atoms with Crippen molar-refractivity contribution in [1.29, 1.82) is 0 Å². The Hall–Kier alpha value is -2.40. The second kappa shape index (κ2) is 5.42. The van der Waals surface area contributed by atoms with Gasteiger partial charge in [0.25, 0.3) is 5.56 Å². The maximum atomic E-state index is 13.6. The summed E-state index contributed by atoms with van der Waals surface area (Å²) in [5.74, 6) is -0.382. The lowest BCUT2D eigenvalue weighted by molar-refractivity contribution is 0.619. The maximum Gasteiger partial charge on any atom is 0.279 e. The molecule has 3 aromatic rings. The zero-order valence-corrected chi connectivity index (χ0v) is 12.6.